The van der Waals surface area contributed by atoms with Crippen molar-refractivity contribution in [3.63, 3.8) is 0 Å². The second kappa shape index (κ2) is 15.4. The van der Waals surface area contributed by atoms with Gasteiger partial charge in [0, 0.05) is 17.8 Å². The third kappa shape index (κ3) is 10.4. The molecular weight excluding hydrogens is 604 g/mol. The summed E-state index contributed by atoms with van der Waals surface area (Å²) in [7, 11) is 0. The number of benzene rings is 2. The monoisotopic (exact) mass is 643 g/mol. The van der Waals surface area contributed by atoms with Crippen molar-refractivity contribution in [1.29, 1.82) is 0 Å². The average molecular weight is 644 g/mol. The highest BCUT2D eigenvalue weighted by Gasteiger charge is 2.35. The van der Waals surface area contributed by atoms with Crippen LogP contribution in [0.15, 0.2) is 61.1 Å². The van der Waals surface area contributed by atoms with Crippen LogP contribution >= 0.6 is 0 Å². The lowest BCUT2D eigenvalue weighted by atomic mass is 10.0. The normalized spacial score (nSPS) is 12.9. The minimum absolute atomic E-state index is 0.0000699. The summed E-state index contributed by atoms with van der Waals surface area (Å²) >= 11 is 0. The van der Waals surface area contributed by atoms with E-state index in [0.29, 0.717) is 6.07 Å². The van der Waals surface area contributed by atoms with Crippen molar-refractivity contribution >= 4 is 29.7 Å². The van der Waals surface area contributed by atoms with Gasteiger partial charge in [0.25, 0.3) is 5.91 Å². The number of nitrogens with one attached hydrogen (secondary N) is 3. The zero-order chi connectivity index (χ0) is 34.1. The Bertz CT molecular complexity index is 1520. The summed E-state index contributed by atoms with van der Waals surface area (Å²) in [6, 6.07) is 9.29. The third-order valence-electron chi connectivity index (χ3n) is 6.32. The van der Waals surface area contributed by atoms with Gasteiger partial charge in [-0.15, -0.1) is 0 Å². The van der Waals surface area contributed by atoms with Crippen molar-refractivity contribution in [3.8, 4) is 0 Å². The first-order chi connectivity index (χ1) is 21.6. The van der Waals surface area contributed by atoms with E-state index < -0.39 is 58.7 Å². The number of esters is 1. The maximum absolute atomic E-state index is 14.7. The van der Waals surface area contributed by atoms with Crippen LogP contribution in [0.3, 0.4) is 0 Å². The highest BCUT2D eigenvalue weighted by molar-refractivity contribution is 5.98. The number of alkyl carbamates (subject to hydrolysis) is 1. The predicted molar refractivity (Wildman–Crippen MR) is 163 cm³/mol. The van der Waals surface area contributed by atoms with Gasteiger partial charge in [0.05, 0.1) is 26.1 Å². The molecule has 0 aliphatic carbocycles. The van der Waals surface area contributed by atoms with Gasteiger partial charge in [0.1, 0.15) is 28.8 Å². The SMILES string of the molecule is CCOC(=O)C(c1ccc(F)cc1F)n1cnc(NC(=O)C(COCc2ccccc2)NC(=O)C(C)(C)NC(=O)OC(C)(C)C)c1. The molecule has 2 atom stereocenters. The van der Waals surface area contributed by atoms with Gasteiger partial charge in [-0.05, 0) is 53.2 Å². The Morgan fingerprint density at radius 2 is 1.70 bits per heavy atom. The van der Waals surface area contributed by atoms with E-state index in [0.717, 1.165) is 17.7 Å². The molecule has 0 bridgehead atoms. The van der Waals surface area contributed by atoms with Crippen molar-refractivity contribution in [2.75, 3.05) is 18.5 Å². The number of rotatable bonds is 13. The zero-order valence-electron chi connectivity index (χ0n) is 26.6. The summed E-state index contributed by atoms with van der Waals surface area (Å²) < 4.78 is 45.6. The quantitative estimate of drug-likeness (QED) is 0.234. The summed E-state index contributed by atoms with van der Waals surface area (Å²) in [5.74, 6) is -4.12. The summed E-state index contributed by atoms with van der Waals surface area (Å²) in [5, 5.41) is 7.64. The highest BCUT2D eigenvalue weighted by atomic mass is 19.1. The van der Waals surface area contributed by atoms with E-state index in [4.69, 9.17) is 14.2 Å². The fourth-order valence-corrected chi connectivity index (χ4v) is 4.12. The molecule has 0 aliphatic heterocycles. The number of imidazole rings is 1. The Balaban J connectivity index is 1.81. The number of carbonyl (C=O) groups excluding carboxylic acids is 4. The second-order valence-corrected chi connectivity index (χ2v) is 11.8. The molecule has 0 radical (unpaired) electrons. The van der Waals surface area contributed by atoms with Gasteiger partial charge in [-0.1, -0.05) is 36.4 Å². The molecule has 0 saturated heterocycles. The maximum atomic E-state index is 14.7. The highest BCUT2D eigenvalue weighted by Crippen LogP contribution is 2.25. The number of amides is 3. The van der Waals surface area contributed by atoms with E-state index in [1.165, 1.54) is 30.9 Å². The summed E-state index contributed by atoms with van der Waals surface area (Å²) in [4.78, 5) is 56.0. The van der Waals surface area contributed by atoms with Crippen molar-refractivity contribution in [2.24, 2.45) is 0 Å². The lowest BCUT2D eigenvalue weighted by molar-refractivity contribution is -0.145. The number of nitrogens with zero attached hydrogens (tertiary/aromatic N) is 2. The Kier molecular flexibility index (Phi) is 12.0. The Morgan fingerprint density at radius 1 is 1.00 bits per heavy atom. The van der Waals surface area contributed by atoms with Crippen LogP contribution in [0, 0.1) is 11.6 Å². The lowest BCUT2D eigenvalue weighted by Crippen LogP contribution is -2.59. The first-order valence-corrected chi connectivity index (χ1v) is 14.5. The fraction of sp³-hybridized carbons (Fsp3) is 0.406. The molecule has 12 nitrogen and oxygen atoms in total. The number of carbonyl (C=O) groups is 4. The second-order valence-electron chi connectivity index (χ2n) is 11.8. The Labute approximate surface area is 265 Å². The van der Waals surface area contributed by atoms with E-state index >= 15 is 0 Å². The average Bonchev–Trinajstić information content (AvgIpc) is 3.40. The molecule has 14 heteroatoms. The molecular formula is C32H39F2N5O7. The molecule has 0 fully saturated rings. The number of halogens is 2. The topological polar surface area (TPSA) is 150 Å². The van der Waals surface area contributed by atoms with Crippen molar-refractivity contribution in [2.45, 2.75) is 71.4 Å². The third-order valence-corrected chi connectivity index (χ3v) is 6.32. The van der Waals surface area contributed by atoms with Crippen LogP contribution in [0.2, 0.25) is 0 Å². The number of ether oxygens (including phenoxy) is 3. The van der Waals surface area contributed by atoms with E-state index in [9.17, 15) is 28.0 Å². The molecule has 0 spiro atoms. The molecule has 1 heterocycles. The zero-order valence-corrected chi connectivity index (χ0v) is 26.6. The Morgan fingerprint density at radius 3 is 2.33 bits per heavy atom. The Hall–Kier alpha value is -4.85. The van der Waals surface area contributed by atoms with Crippen molar-refractivity contribution < 1.29 is 42.2 Å². The van der Waals surface area contributed by atoms with Gasteiger partial charge < -0.3 is 34.7 Å². The van der Waals surface area contributed by atoms with Gasteiger partial charge in [0.2, 0.25) is 5.91 Å². The van der Waals surface area contributed by atoms with Crippen LogP contribution in [0.1, 0.15) is 58.7 Å². The van der Waals surface area contributed by atoms with Crippen LogP contribution in [0.25, 0.3) is 0 Å². The minimum atomic E-state index is -1.49. The molecule has 3 rings (SSSR count). The molecule has 3 N–H and O–H groups in total. The summed E-state index contributed by atoms with van der Waals surface area (Å²) in [5.41, 5.74) is -1.64. The van der Waals surface area contributed by atoms with Gasteiger partial charge >= 0.3 is 12.1 Å². The lowest BCUT2D eigenvalue weighted by Gasteiger charge is -2.29. The fourth-order valence-electron chi connectivity index (χ4n) is 4.12. The largest absolute Gasteiger partial charge is 0.464 e. The molecule has 248 valence electrons. The number of anilines is 1. The summed E-state index contributed by atoms with van der Waals surface area (Å²) in [6.07, 6.45) is 1.61. The van der Waals surface area contributed by atoms with Gasteiger partial charge in [-0.3, -0.25) is 9.59 Å². The molecule has 1 aromatic heterocycles. The molecule has 0 aliphatic rings. The molecule has 3 amide bonds. The molecule has 0 saturated carbocycles. The first-order valence-electron chi connectivity index (χ1n) is 14.5. The van der Waals surface area contributed by atoms with E-state index in [1.54, 1.807) is 27.7 Å². The molecule has 46 heavy (non-hydrogen) atoms. The van der Waals surface area contributed by atoms with E-state index in [2.05, 4.69) is 20.9 Å². The van der Waals surface area contributed by atoms with Crippen LogP contribution in [-0.2, 0) is 35.2 Å². The van der Waals surface area contributed by atoms with Crippen molar-refractivity contribution in [3.05, 3.63) is 83.8 Å². The molecule has 2 aromatic carbocycles. The van der Waals surface area contributed by atoms with Crippen molar-refractivity contribution in [1.82, 2.24) is 20.2 Å². The minimum Gasteiger partial charge on any atom is -0.464 e. The van der Waals surface area contributed by atoms with Gasteiger partial charge in [0.15, 0.2) is 11.9 Å². The predicted octanol–water partition coefficient (Wildman–Crippen LogP) is 4.26. The molecule has 2 unspecified atom stereocenters. The number of hydrogen-bond acceptors (Lipinski definition) is 8. The maximum Gasteiger partial charge on any atom is 0.408 e. The van der Waals surface area contributed by atoms with Crippen LogP contribution in [0.5, 0.6) is 0 Å². The van der Waals surface area contributed by atoms with Crippen LogP contribution < -0.4 is 16.0 Å². The van der Waals surface area contributed by atoms with Crippen LogP contribution in [0.4, 0.5) is 19.4 Å². The standard InChI is InChI=1S/C32H39F2N5O7/c1-7-45-28(41)26(22-14-13-21(33)15-23(22)34)39-16-25(35-19-39)37-27(40)24(18-44-17-20-11-9-8-10-12-20)36-29(42)32(5,6)38-30(43)46-31(2,3)4/h8-16,19,24,26H,7,17-18H2,1-6H3,(H,36,42)(H,37,40)(H,38,43). The first kappa shape index (κ1) is 35.6. The summed E-state index contributed by atoms with van der Waals surface area (Å²) in [6.45, 7) is 9.37. The number of aromatic nitrogens is 2. The van der Waals surface area contributed by atoms with Gasteiger partial charge in [-0.25, -0.2) is 23.4 Å². The van der Waals surface area contributed by atoms with E-state index in [-0.39, 0.29) is 31.2 Å². The van der Waals surface area contributed by atoms with Crippen LogP contribution in [-0.4, -0.2) is 63.8 Å². The number of hydrogen-bond donors (Lipinski definition) is 3. The van der Waals surface area contributed by atoms with E-state index in [1.807, 2.05) is 30.3 Å². The molecule has 3 aromatic rings. The van der Waals surface area contributed by atoms with Gasteiger partial charge in [-0.2, -0.15) is 0 Å². The smallest absolute Gasteiger partial charge is 0.408 e.